The van der Waals surface area contributed by atoms with Crippen molar-refractivity contribution in [2.24, 2.45) is 0 Å². The Morgan fingerprint density at radius 2 is 1.44 bits per heavy atom. The third-order valence-corrected chi connectivity index (χ3v) is 3.46. The van der Waals surface area contributed by atoms with Gasteiger partial charge in [-0.3, -0.25) is 0 Å². The van der Waals surface area contributed by atoms with Crippen LogP contribution in [0.4, 0.5) is 26.3 Å². The molecule has 2 aromatic rings. The van der Waals surface area contributed by atoms with Crippen LogP contribution in [0.3, 0.4) is 0 Å². The van der Waals surface area contributed by atoms with E-state index in [1.165, 1.54) is 38.3 Å². The highest BCUT2D eigenvalue weighted by Gasteiger charge is 2.35. The fourth-order valence-corrected chi connectivity index (χ4v) is 2.30. The van der Waals surface area contributed by atoms with Gasteiger partial charge >= 0.3 is 12.4 Å². The van der Waals surface area contributed by atoms with E-state index in [2.05, 4.69) is 0 Å². The molecule has 0 amide bonds. The van der Waals surface area contributed by atoms with Crippen molar-refractivity contribution in [3.63, 3.8) is 0 Å². The van der Waals surface area contributed by atoms with Gasteiger partial charge < -0.3 is 9.47 Å². The second-order valence-electron chi connectivity index (χ2n) is 5.24. The van der Waals surface area contributed by atoms with Crippen LogP contribution in [0.2, 0.25) is 0 Å². The van der Waals surface area contributed by atoms with E-state index in [0.29, 0.717) is 0 Å². The van der Waals surface area contributed by atoms with Gasteiger partial charge in [0.15, 0.2) is 0 Å². The Morgan fingerprint density at radius 3 is 2.00 bits per heavy atom. The highest BCUT2D eigenvalue weighted by atomic mass is 19.4. The molecule has 8 heteroatoms. The number of ether oxygens (including phenoxy) is 2. The van der Waals surface area contributed by atoms with Crippen LogP contribution in [0.1, 0.15) is 29.7 Å². The number of methoxy groups -OCH3 is 1. The van der Waals surface area contributed by atoms with E-state index in [1.54, 1.807) is 0 Å². The average molecular weight is 364 g/mol. The fraction of sp³-hybridized carbons (Fsp3) is 0.294. The molecule has 0 aliphatic rings. The summed E-state index contributed by atoms with van der Waals surface area (Å²) in [4.78, 5) is 0. The predicted molar refractivity (Wildman–Crippen MR) is 78.5 cm³/mol. The molecule has 0 N–H and O–H groups in total. The summed E-state index contributed by atoms with van der Waals surface area (Å²) in [5.41, 5.74) is -2.09. The van der Waals surface area contributed by atoms with Crippen molar-refractivity contribution in [1.82, 2.24) is 0 Å². The fourth-order valence-electron chi connectivity index (χ4n) is 2.30. The molecule has 0 aromatic heterocycles. The minimum absolute atomic E-state index is 0.110. The quantitative estimate of drug-likeness (QED) is 0.632. The molecule has 2 aromatic carbocycles. The lowest BCUT2D eigenvalue weighted by molar-refractivity contribution is -0.139. The Morgan fingerprint density at radius 1 is 0.840 bits per heavy atom. The smallest absolute Gasteiger partial charge is 0.416 e. The van der Waals surface area contributed by atoms with Crippen molar-refractivity contribution in [3.8, 4) is 11.5 Å². The van der Waals surface area contributed by atoms with E-state index < -0.39 is 29.6 Å². The average Bonchev–Trinajstić information content (AvgIpc) is 2.52. The minimum atomic E-state index is -4.64. The molecule has 136 valence electrons. The summed E-state index contributed by atoms with van der Waals surface area (Å²) in [5, 5.41) is 0. The van der Waals surface area contributed by atoms with Crippen LogP contribution in [-0.2, 0) is 12.4 Å². The number of alkyl halides is 6. The molecule has 1 atom stereocenters. The number of hydrogen-bond acceptors (Lipinski definition) is 2. The molecule has 0 fully saturated rings. The summed E-state index contributed by atoms with van der Waals surface area (Å²) in [6.45, 7) is 1.33. The van der Waals surface area contributed by atoms with E-state index in [1.807, 2.05) is 0 Å². The van der Waals surface area contributed by atoms with Gasteiger partial charge in [0, 0.05) is 11.6 Å². The zero-order chi connectivity index (χ0) is 18.8. The number of rotatable bonds is 4. The van der Waals surface area contributed by atoms with Gasteiger partial charge in [0.25, 0.3) is 0 Å². The van der Waals surface area contributed by atoms with Crippen molar-refractivity contribution in [2.45, 2.75) is 25.4 Å². The van der Waals surface area contributed by atoms with Crippen molar-refractivity contribution in [3.05, 3.63) is 59.2 Å². The summed E-state index contributed by atoms with van der Waals surface area (Å²) in [6, 6.07) is 7.42. The molecule has 0 aliphatic carbocycles. The SMILES string of the molecule is COc1cc(OC(C)c2ccccc2C(F)(F)F)cc(C(F)(F)F)c1. The first-order valence-electron chi connectivity index (χ1n) is 7.11. The maximum atomic E-state index is 13.1. The zero-order valence-electron chi connectivity index (χ0n) is 13.2. The summed E-state index contributed by atoms with van der Waals surface area (Å²) < 4.78 is 88.0. The van der Waals surface area contributed by atoms with Crippen LogP contribution < -0.4 is 9.47 Å². The first-order valence-corrected chi connectivity index (χ1v) is 7.11. The second kappa shape index (κ2) is 6.85. The molecular weight excluding hydrogens is 350 g/mol. The van der Waals surface area contributed by atoms with Gasteiger partial charge in [-0.05, 0) is 25.1 Å². The van der Waals surface area contributed by atoms with Gasteiger partial charge in [0.1, 0.15) is 17.6 Å². The lowest BCUT2D eigenvalue weighted by Crippen LogP contribution is -2.14. The molecule has 0 saturated heterocycles. The number of benzene rings is 2. The molecule has 25 heavy (non-hydrogen) atoms. The summed E-state index contributed by atoms with van der Waals surface area (Å²) in [5.74, 6) is -0.350. The zero-order valence-corrected chi connectivity index (χ0v) is 13.2. The Bertz CT molecular complexity index is 737. The van der Waals surface area contributed by atoms with E-state index in [0.717, 1.165) is 18.2 Å². The Labute approximate surface area is 140 Å². The second-order valence-corrected chi connectivity index (χ2v) is 5.24. The molecule has 1 unspecified atom stereocenters. The normalized spacial score (nSPS) is 13.4. The van der Waals surface area contributed by atoms with Gasteiger partial charge in [-0.15, -0.1) is 0 Å². The van der Waals surface area contributed by atoms with Crippen molar-refractivity contribution >= 4 is 0 Å². The van der Waals surface area contributed by atoms with Crippen LogP contribution in [-0.4, -0.2) is 7.11 Å². The minimum Gasteiger partial charge on any atom is -0.497 e. The first-order chi connectivity index (χ1) is 11.5. The number of hydrogen-bond donors (Lipinski definition) is 0. The van der Waals surface area contributed by atoms with E-state index in [9.17, 15) is 26.3 Å². The molecule has 0 spiro atoms. The van der Waals surface area contributed by atoms with Crippen LogP contribution in [0.25, 0.3) is 0 Å². The van der Waals surface area contributed by atoms with Crippen LogP contribution in [0.15, 0.2) is 42.5 Å². The van der Waals surface area contributed by atoms with Crippen molar-refractivity contribution < 1.29 is 35.8 Å². The lowest BCUT2D eigenvalue weighted by Gasteiger charge is -2.20. The first kappa shape index (κ1) is 19.0. The maximum absolute atomic E-state index is 13.1. The largest absolute Gasteiger partial charge is 0.497 e. The van der Waals surface area contributed by atoms with E-state index >= 15 is 0 Å². The van der Waals surface area contributed by atoms with Gasteiger partial charge in [-0.2, -0.15) is 26.3 Å². The Kier molecular flexibility index (Phi) is 5.20. The molecule has 0 aliphatic heterocycles. The van der Waals surface area contributed by atoms with Crippen LogP contribution in [0.5, 0.6) is 11.5 Å². The topological polar surface area (TPSA) is 18.5 Å². The van der Waals surface area contributed by atoms with Crippen LogP contribution in [0, 0.1) is 0 Å². The molecule has 2 nitrogen and oxygen atoms in total. The monoisotopic (exact) mass is 364 g/mol. The van der Waals surface area contributed by atoms with Crippen LogP contribution >= 0.6 is 0 Å². The standard InChI is InChI=1S/C17H14F6O2/c1-10(14-5-3-4-6-15(14)17(21,22)23)25-13-8-11(16(18,19)20)7-12(9-13)24-2/h3-10H,1-2H3. The highest BCUT2D eigenvalue weighted by molar-refractivity contribution is 5.40. The molecule has 0 radical (unpaired) electrons. The third kappa shape index (κ3) is 4.58. The van der Waals surface area contributed by atoms with E-state index in [-0.39, 0.29) is 17.1 Å². The van der Waals surface area contributed by atoms with Gasteiger partial charge in [-0.25, -0.2) is 0 Å². The van der Waals surface area contributed by atoms with Crippen molar-refractivity contribution in [2.75, 3.05) is 7.11 Å². The summed E-state index contributed by atoms with van der Waals surface area (Å²) >= 11 is 0. The number of halogens is 6. The van der Waals surface area contributed by atoms with Gasteiger partial charge in [0.05, 0.1) is 18.2 Å². The van der Waals surface area contributed by atoms with E-state index in [4.69, 9.17) is 9.47 Å². The lowest BCUT2D eigenvalue weighted by atomic mass is 10.0. The molecule has 0 heterocycles. The third-order valence-electron chi connectivity index (χ3n) is 3.46. The van der Waals surface area contributed by atoms with Crippen molar-refractivity contribution in [1.29, 1.82) is 0 Å². The Balaban J connectivity index is 2.37. The molecule has 0 bridgehead atoms. The molecular formula is C17H14F6O2. The summed E-state index contributed by atoms with van der Waals surface area (Å²) in [7, 11) is 1.18. The summed E-state index contributed by atoms with van der Waals surface area (Å²) in [6.07, 6.45) is -10.4. The Hall–Kier alpha value is -2.38. The maximum Gasteiger partial charge on any atom is 0.416 e. The van der Waals surface area contributed by atoms with Gasteiger partial charge in [0.2, 0.25) is 0 Å². The highest BCUT2D eigenvalue weighted by Crippen LogP contribution is 2.38. The molecule has 0 saturated carbocycles. The molecule has 2 rings (SSSR count). The predicted octanol–water partition coefficient (Wildman–Crippen LogP) is 5.87. The van der Waals surface area contributed by atoms with Gasteiger partial charge in [-0.1, -0.05) is 18.2 Å².